The Bertz CT molecular complexity index is 957. The molecule has 3 aliphatic rings. The van der Waals surface area contributed by atoms with Gasteiger partial charge in [-0.15, -0.1) is 40.4 Å². The van der Waals surface area contributed by atoms with Crippen LogP contribution in [-0.2, 0) is 24.0 Å². The fraction of sp³-hybridized carbons (Fsp3) is 0.529. The number of aromatic nitrogens is 3. The number of thioether (sulfide) groups is 3. The summed E-state index contributed by atoms with van der Waals surface area (Å²) < 4.78 is 5.48. The molecule has 0 aromatic carbocycles. The van der Waals surface area contributed by atoms with Crippen LogP contribution in [0.3, 0.4) is 0 Å². The maximum atomic E-state index is 12.8. The Balaban J connectivity index is 1.41. The highest BCUT2D eigenvalue weighted by Crippen LogP contribution is 2.44. The van der Waals surface area contributed by atoms with E-state index in [1.807, 2.05) is 0 Å². The number of oxime groups is 1. The predicted octanol–water partition coefficient (Wildman–Crippen LogP) is -0.0251. The number of fused-ring (bicyclic) bond motifs is 1. The number of rotatable bonds is 8. The highest BCUT2D eigenvalue weighted by atomic mass is 32.2. The lowest BCUT2D eigenvalue weighted by Gasteiger charge is -2.53. The molecule has 0 bridgehead atoms. The van der Waals surface area contributed by atoms with Gasteiger partial charge in [0.15, 0.2) is 5.76 Å². The predicted molar refractivity (Wildman–Crippen MR) is 118 cm³/mol. The van der Waals surface area contributed by atoms with E-state index in [9.17, 15) is 19.5 Å². The Morgan fingerprint density at radius 1 is 1.56 bits per heavy atom. The van der Waals surface area contributed by atoms with Crippen molar-refractivity contribution in [3.05, 3.63) is 17.4 Å². The van der Waals surface area contributed by atoms with Gasteiger partial charge >= 0.3 is 5.97 Å². The molecule has 15 heteroatoms. The van der Waals surface area contributed by atoms with Gasteiger partial charge in [0.05, 0.1) is 12.8 Å². The minimum absolute atomic E-state index is 0.0452. The van der Waals surface area contributed by atoms with E-state index in [0.717, 1.165) is 5.75 Å². The summed E-state index contributed by atoms with van der Waals surface area (Å²) in [6, 6.07) is -0.775. The molecule has 0 aliphatic carbocycles. The number of hydrogen-bond donors (Lipinski definition) is 3. The molecule has 3 N–H and O–H groups in total. The molecule has 172 valence electrons. The monoisotopic (exact) mass is 500 g/mol. The first-order valence-electron chi connectivity index (χ1n) is 9.46. The number of hydrogen-bond acceptors (Lipinski definition) is 11. The number of carbonyl (C=O) groups is 3. The lowest BCUT2D eigenvalue weighted by atomic mass is 9.89. The Morgan fingerprint density at radius 2 is 2.41 bits per heavy atom. The van der Waals surface area contributed by atoms with Gasteiger partial charge in [0.2, 0.25) is 11.6 Å². The Hall–Kier alpha value is -2.39. The van der Waals surface area contributed by atoms with Gasteiger partial charge in [0, 0.05) is 29.2 Å². The molecule has 4 heterocycles. The summed E-state index contributed by atoms with van der Waals surface area (Å²) in [5.41, 5.74) is -1.17. The van der Waals surface area contributed by atoms with Gasteiger partial charge < -0.3 is 24.9 Å². The topological polar surface area (TPSA) is 159 Å². The van der Waals surface area contributed by atoms with Crippen LogP contribution < -0.4 is 5.32 Å². The van der Waals surface area contributed by atoms with Gasteiger partial charge in [-0.2, -0.15) is 0 Å². The average molecular weight is 501 g/mol. The number of H-pyrrole nitrogens is 1. The molecule has 0 spiro atoms. The summed E-state index contributed by atoms with van der Waals surface area (Å²) in [5, 5.41) is 28.3. The number of carboxylic acid groups (broad SMARTS) is 1. The number of carbonyl (C=O) groups excluding carboxylic acids is 2. The molecule has 3 aliphatic heterocycles. The summed E-state index contributed by atoms with van der Waals surface area (Å²) in [6.45, 7) is 0.495. The number of aromatic amines is 1. The van der Waals surface area contributed by atoms with E-state index in [1.54, 1.807) is 5.41 Å². The maximum absolute atomic E-state index is 12.8. The van der Waals surface area contributed by atoms with Gasteiger partial charge in [-0.05, 0) is 0 Å². The molecule has 0 radical (unpaired) electrons. The standard InChI is InChI=1S/C17H20N6O6S3/c1-28-21-11(9-5-30-3-2-29-9)13(24)19-12-14(25)23-6-17(16(26)27,8-32-15(12)23)7-31-10-4-18-22-20-10/h4-5,12,15H,2-3,6-8H2,1H3,(H,19,24)(H,26,27)(H,18,20,22)/t12?,15-,17?/m1/s1. The van der Waals surface area contributed by atoms with Crippen LogP contribution in [0, 0.1) is 5.41 Å². The van der Waals surface area contributed by atoms with Gasteiger partial charge in [-0.3, -0.25) is 19.5 Å². The van der Waals surface area contributed by atoms with Gasteiger partial charge in [-0.25, -0.2) is 0 Å². The highest BCUT2D eigenvalue weighted by molar-refractivity contribution is 8.02. The number of carboxylic acids is 1. The third-order valence-corrected chi connectivity index (χ3v) is 8.64. The minimum atomic E-state index is -1.12. The van der Waals surface area contributed by atoms with Crippen LogP contribution >= 0.6 is 35.3 Å². The van der Waals surface area contributed by atoms with Crippen molar-refractivity contribution in [2.24, 2.45) is 10.6 Å². The molecule has 1 aromatic heterocycles. The van der Waals surface area contributed by atoms with Crippen LogP contribution in [0.5, 0.6) is 0 Å². The summed E-state index contributed by atoms with van der Waals surface area (Å²) in [7, 11) is 1.32. The van der Waals surface area contributed by atoms with Crippen molar-refractivity contribution in [1.29, 1.82) is 0 Å². The molecule has 2 fully saturated rings. The first-order chi connectivity index (χ1) is 15.4. The van der Waals surface area contributed by atoms with Gasteiger partial charge in [0.25, 0.3) is 5.91 Å². The fourth-order valence-corrected chi connectivity index (χ4v) is 6.65. The zero-order valence-corrected chi connectivity index (χ0v) is 19.3. The quantitative estimate of drug-likeness (QED) is 0.190. The van der Waals surface area contributed by atoms with E-state index < -0.39 is 23.3 Å². The van der Waals surface area contributed by atoms with E-state index >= 15 is 0 Å². The van der Waals surface area contributed by atoms with Crippen LogP contribution in [0.2, 0.25) is 0 Å². The van der Waals surface area contributed by atoms with Crippen molar-refractivity contribution in [3.8, 4) is 0 Å². The van der Waals surface area contributed by atoms with Gasteiger partial charge in [0.1, 0.15) is 29.0 Å². The van der Waals surface area contributed by atoms with Crippen molar-refractivity contribution >= 4 is 58.8 Å². The number of amides is 2. The second-order valence-electron chi connectivity index (χ2n) is 7.14. The molecule has 0 saturated carbocycles. The third kappa shape index (κ3) is 4.41. The fourth-order valence-electron chi connectivity index (χ4n) is 3.37. The van der Waals surface area contributed by atoms with E-state index in [0.29, 0.717) is 17.4 Å². The molecule has 32 heavy (non-hydrogen) atoms. The second-order valence-corrected chi connectivity index (χ2v) is 10.2. The highest BCUT2D eigenvalue weighted by Gasteiger charge is 2.57. The molecular formula is C17H20N6O6S3. The largest absolute Gasteiger partial charge is 0.490 e. The van der Waals surface area contributed by atoms with Crippen LogP contribution in [-0.4, -0.2) is 97.8 Å². The molecule has 1 aromatic rings. The number of β-lactam (4-membered cyclic amide) rings is 1. The maximum Gasteiger partial charge on any atom is 0.313 e. The smallest absolute Gasteiger partial charge is 0.313 e. The third-order valence-electron chi connectivity index (χ3n) is 5.06. The lowest BCUT2D eigenvalue weighted by molar-refractivity contribution is -0.157. The van der Waals surface area contributed by atoms with Crippen molar-refractivity contribution < 1.29 is 29.1 Å². The Morgan fingerprint density at radius 3 is 3.06 bits per heavy atom. The Kier molecular flexibility index (Phi) is 6.85. The minimum Gasteiger partial charge on any atom is -0.490 e. The van der Waals surface area contributed by atoms with Crippen molar-refractivity contribution in [2.45, 2.75) is 16.4 Å². The normalized spacial score (nSPS) is 27.5. The van der Waals surface area contributed by atoms with E-state index in [4.69, 9.17) is 9.57 Å². The molecule has 2 saturated heterocycles. The number of nitrogens with zero attached hydrogens (tertiary/aromatic N) is 4. The molecule has 2 unspecified atom stereocenters. The first kappa shape index (κ1) is 22.8. The SMILES string of the molecule is CON=C(C(=O)NC1C(=O)N2CC(CSc3cnn[nH]3)(C(=O)O)CS[C@H]12)C1=CSCCO1. The van der Waals surface area contributed by atoms with Crippen LogP contribution in [0.1, 0.15) is 0 Å². The zero-order chi connectivity index (χ0) is 22.7. The van der Waals surface area contributed by atoms with Crippen LogP contribution in [0.4, 0.5) is 0 Å². The second kappa shape index (κ2) is 9.62. The summed E-state index contributed by atoms with van der Waals surface area (Å²) in [5.74, 6) is -0.300. The number of ether oxygens (including phenoxy) is 1. The summed E-state index contributed by atoms with van der Waals surface area (Å²) in [6.07, 6.45) is 1.52. The number of nitrogens with one attached hydrogen (secondary N) is 2. The molecule has 3 atom stereocenters. The van der Waals surface area contributed by atoms with E-state index in [-0.39, 0.29) is 35.0 Å². The van der Waals surface area contributed by atoms with Crippen LogP contribution in [0.25, 0.3) is 0 Å². The van der Waals surface area contributed by atoms with Crippen molar-refractivity contribution in [2.75, 3.05) is 37.5 Å². The lowest BCUT2D eigenvalue weighted by Crippen LogP contribution is -2.74. The van der Waals surface area contributed by atoms with Gasteiger partial charge in [-0.1, -0.05) is 10.4 Å². The molecule has 4 rings (SSSR count). The van der Waals surface area contributed by atoms with Crippen LogP contribution in [0.15, 0.2) is 27.5 Å². The first-order valence-corrected chi connectivity index (χ1v) is 12.5. The van der Waals surface area contributed by atoms with Crippen molar-refractivity contribution in [3.63, 3.8) is 0 Å². The summed E-state index contributed by atoms with van der Waals surface area (Å²) in [4.78, 5) is 43.9. The summed E-state index contributed by atoms with van der Waals surface area (Å²) >= 11 is 4.11. The Labute approximate surface area is 195 Å². The zero-order valence-electron chi connectivity index (χ0n) is 16.8. The average Bonchev–Trinajstić information content (AvgIpc) is 3.33. The van der Waals surface area contributed by atoms with E-state index in [2.05, 4.69) is 25.9 Å². The number of aliphatic carboxylic acids is 1. The molecule has 2 amide bonds. The molecular weight excluding hydrogens is 480 g/mol. The molecule has 12 nitrogen and oxygen atoms in total. The van der Waals surface area contributed by atoms with E-state index in [1.165, 1.54) is 53.5 Å². The van der Waals surface area contributed by atoms with Crippen molar-refractivity contribution in [1.82, 2.24) is 25.6 Å².